The molecule has 0 atom stereocenters. The zero-order chi connectivity index (χ0) is 16.9. The Morgan fingerprint density at radius 1 is 1.12 bits per heavy atom. The quantitative estimate of drug-likeness (QED) is 0.570. The highest BCUT2D eigenvalue weighted by Gasteiger charge is 2.07. The van der Waals surface area contributed by atoms with Gasteiger partial charge in [0.2, 0.25) is 0 Å². The normalized spacial score (nSPS) is 10.9. The summed E-state index contributed by atoms with van der Waals surface area (Å²) in [6, 6.07) is 18.5. The summed E-state index contributed by atoms with van der Waals surface area (Å²) >= 11 is 5.89. The van der Waals surface area contributed by atoms with Crippen molar-refractivity contribution in [3.05, 3.63) is 76.8 Å². The van der Waals surface area contributed by atoms with Gasteiger partial charge in [-0.3, -0.25) is 4.79 Å². The average Bonchev–Trinajstić information content (AvgIpc) is 2.61. The standard InChI is InChI=1S/C19H15ClN2O2/c1-24-18-10-9-13-5-2-3-8-16(13)17(18)12-21-22-19(23)14-6-4-7-15(20)11-14/h2-12H,1H3,(H,22,23). The summed E-state index contributed by atoms with van der Waals surface area (Å²) < 4.78 is 5.39. The van der Waals surface area contributed by atoms with Gasteiger partial charge in [0, 0.05) is 16.1 Å². The largest absolute Gasteiger partial charge is 0.496 e. The van der Waals surface area contributed by atoms with Crippen LogP contribution >= 0.6 is 11.6 Å². The molecule has 0 aromatic heterocycles. The molecule has 0 radical (unpaired) electrons. The molecule has 1 amide bonds. The van der Waals surface area contributed by atoms with Gasteiger partial charge < -0.3 is 4.74 Å². The number of hydrogen-bond acceptors (Lipinski definition) is 3. The van der Waals surface area contributed by atoms with Crippen molar-refractivity contribution in [2.24, 2.45) is 5.10 Å². The van der Waals surface area contributed by atoms with Gasteiger partial charge in [0.05, 0.1) is 13.3 Å². The number of methoxy groups -OCH3 is 1. The lowest BCUT2D eigenvalue weighted by Crippen LogP contribution is -2.17. The Labute approximate surface area is 144 Å². The van der Waals surface area contributed by atoms with Crippen molar-refractivity contribution in [1.82, 2.24) is 5.43 Å². The van der Waals surface area contributed by atoms with Gasteiger partial charge in [-0.15, -0.1) is 0 Å². The van der Waals surface area contributed by atoms with Crippen molar-refractivity contribution in [3.8, 4) is 5.75 Å². The molecule has 120 valence electrons. The third kappa shape index (κ3) is 3.39. The first-order chi connectivity index (χ1) is 11.7. The molecule has 0 fully saturated rings. The molecule has 1 N–H and O–H groups in total. The van der Waals surface area contributed by atoms with Gasteiger partial charge in [-0.05, 0) is 35.0 Å². The summed E-state index contributed by atoms with van der Waals surface area (Å²) in [4.78, 5) is 12.1. The number of carbonyl (C=O) groups is 1. The number of nitrogens with zero attached hydrogens (tertiary/aromatic N) is 1. The maximum Gasteiger partial charge on any atom is 0.271 e. The van der Waals surface area contributed by atoms with Crippen LogP contribution in [0.4, 0.5) is 0 Å². The second kappa shape index (κ2) is 7.15. The fourth-order valence-corrected chi connectivity index (χ4v) is 2.63. The summed E-state index contributed by atoms with van der Waals surface area (Å²) in [5.41, 5.74) is 3.76. The molecule has 0 aliphatic rings. The summed E-state index contributed by atoms with van der Waals surface area (Å²) in [5, 5.41) is 6.63. The van der Waals surface area contributed by atoms with E-state index < -0.39 is 0 Å². The monoisotopic (exact) mass is 338 g/mol. The van der Waals surface area contributed by atoms with E-state index in [-0.39, 0.29) is 5.91 Å². The van der Waals surface area contributed by atoms with Crippen molar-refractivity contribution >= 4 is 34.5 Å². The fourth-order valence-electron chi connectivity index (χ4n) is 2.44. The van der Waals surface area contributed by atoms with Crippen LogP contribution in [0.5, 0.6) is 5.75 Å². The van der Waals surface area contributed by atoms with E-state index in [2.05, 4.69) is 10.5 Å². The topological polar surface area (TPSA) is 50.7 Å². The number of fused-ring (bicyclic) bond motifs is 1. The molecular weight excluding hydrogens is 324 g/mol. The average molecular weight is 339 g/mol. The second-order valence-corrected chi connectivity index (χ2v) is 5.55. The molecule has 24 heavy (non-hydrogen) atoms. The van der Waals surface area contributed by atoms with Crippen molar-refractivity contribution in [2.45, 2.75) is 0 Å². The fraction of sp³-hybridized carbons (Fsp3) is 0.0526. The molecule has 0 aliphatic heterocycles. The number of hydrogen-bond donors (Lipinski definition) is 1. The summed E-state index contributed by atoms with van der Waals surface area (Å²) in [6.07, 6.45) is 1.59. The van der Waals surface area contributed by atoms with Crippen LogP contribution in [0.15, 0.2) is 65.8 Å². The molecule has 0 saturated carbocycles. The smallest absolute Gasteiger partial charge is 0.271 e. The number of amides is 1. The van der Waals surface area contributed by atoms with Gasteiger partial charge in [0.1, 0.15) is 5.75 Å². The molecule has 0 spiro atoms. The first-order valence-electron chi connectivity index (χ1n) is 7.34. The van der Waals surface area contributed by atoms with E-state index >= 15 is 0 Å². The van der Waals surface area contributed by atoms with E-state index in [0.717, 1.165) is 16.3 Å². The highest BCUT2D eigenvalue weighted by molar-refractivity contribution is 6.30. The molecule has 0 bridgehead atoms. The van der Waals surface area contributed by atoms with Gasteiger partial charge in [-0.2, -0.15) is 5.10 Å². The number of halogens is 1. The SMILES string of the molecule is COc1ccc2ccccc2c1C=NNC(=O)c1cccc(Cl)c1. The zero-order valence-electron chi connectivity index (χ0n) is 13.0. The van der Waals surface area contributed by atoms with Crippen LogP contribution in [0, 0.1) is 0 Å². The Bertz CT molecular complexity index is 922. The Morgan fingerprint density at radius 3 is 2.75 bits per heavy atom. The van der Waals surface area contributed by atoms with E-state index in [4.69, 9.17) is 16.3 Å². The molecule has 5 heteroatoms. The van der Waals surface area contributed by atoms with Crippen LogP contribution in [0.25, 0.3) is 10.8 Å². The van der Waals surface area contributed by atoms with Crippen LogP contribution in [0.1, 0.15) is 15.9 Å². The molecule has 4 nitrogen and oxygen atoms in total. The van der Waals surface area contributed by atoms with Crippen molar-refractivity contribution < 1.29 is 9.53 Å². The van der Waals surface area contributed by atoms with Gasteiger partial charge in [-0.1, -0.05) is 48.0 Å². The highest BCUT2D eigenvalue weighted by atomic mass is 35.5. The Morgan fingerprint density at radius 2 is 1.96 bits per heavy atom. The van der Waals surface area contributed by atoms with Crippen LogP contribution in [0.3, 0.4) is 0 Å². The van der Waals surface area contributed by atoms with Gasteiger partial charge in [-0.25, -0.2) is 5.43 Å². The summed E-state index contributed by atoms with van der Waals surface area (Å²) in [7, 11) is 1.60. The third-order valence-electron chi connectivity index (χ3n) is 3.60. The lowest BCUT2D eigenvalue weighted by Gasteiger charge is -2.08. The molecule has 3 aromatic rings. The minimum Gasteiger partial charge on any atom is -0.496 e. The van der Waals surface area contributed by atoms with Gasteiger partial charge >= 0.3 is 0 Å². The minimum absolute atomic E-state index is 0.326. The predicted octanol–water partition coefficient (Wildman–Crippen LogP) is 4.27. The third-order valence-corrected chi connectivity index (χ3v) is 3.83. The lowest BCUT2D eigenvalue weighted by atomic mass is 10.0. The number of nitrogens with one attached hydrogen (secondary N) is 1. The summed E-state index contributed by atoms with van der Waals surface area (Å²) in [6.45, 7) is 0. The number of carbonyl (C=O) groups excluding carboxylic acids is 1. The van der Waals surface area contributed by atoms with Crippen molar-refractivity contribution in [3.63, 3.8) is 0 Å². The zero-order valence-corrected chi connectivity index (χ0v) is 13.7. The Hall–Kier alpha value is -2.85. The first kappa shape index (κ1) is 16.0. The minimum atomic E-state index is -0.326. The molecule has 0 heterocycles. The summed E-state index contributed by atoms with van der Waals surface area (Å²) in [5.74, 6) is 0.363. The molecule has 0 unspecified atom stereocenters. The molecule has 0 saturated heterocycles. The maximum atomic E-state index is 12.1. The van der Waals surface area contributed by atoms with E-state index in [1.807, 2.05) is 36.4 Å². The maximum absolute atomic E-state index is 12.1. The highest BCUT2D eigenvalue weighted by Crippen LogP contribution is 2.26. The van der Waals surface area contributed by atoms with Gasteiger partial charge in [0.25, 0.3) is 5.91 Å². The lowest BCUT2D eigenvalue weighted by molar-refractivity contribution is 0.0955. The molecule has 0 aliphatic carbocycles. The molecular formula is C19H15ClN2O2. The van der Waals surface area contributed by atoms with E-state index in [0.29, 0.717) is 16.3 Å². The molecule has 3 rings (SSSR count). The number of ether oxygens (including phenoxy) is 1. The first-order valence-corrected chi connectivity index (χ1v) is 7.71. The van der Waals surface area contributed by atoms with E-state index in [1.165, 1.54) is 0 Å². The van der Waals surface area contributed by atoms with Crippen LogP contribution in [0.2, 0.25) is 5.02 Å². The van der Waals surface area contributed by atoms with Crippen LogP contribution in [-0.2, 0) is 0 Å². The number of benzene rings is 3. The Kier molecular flexibility index (Phi) is 4.77. The number of rotatable bonds is 4. The number of hydrazone groups is 1. The van der Waals surface area contributed by atoms with Crippen LogP contribution in [-0.4, -0.2) is 19.2 Å². The van der Waals surface area contributed by atoms with E-state index in [9.17, 15) is 4.79 Å². The van der Waals surface area contributed by atoms with E-state index in [1.54, 1.807) is 37.6 Å². The predicted molar refractivity (Wildman–Crippen MR) is 97.0 cm³/mol. The van der Waals surface area contributed by atoms with Gasteiger partial charge in [0.15, 0.2) is 0 Å². The molecule has 3 aromatic carbocycles. The second-order valence-electron chi connectivity index (χ2n) is 5.11. The van der Waals surface area contributed by atoms with Crippen molar-refractivity contribution in [2.75, 3.05) is 7.11 Å². The van der Waals surface area contributed by atoms with Crippen molar-refractivity contribution in [1.29, 1.82) is 0 Å². The Balaban J connectivity index is 1.86. The van der Waals surface area contributed by atoms with Crippen LogP contribution < -0.4 is 10.2 Å².